The van der Waals surface area contributed by atoms with Crippen molar-refractivity contribution in [3.8, 4) is 11.5 Å². The third-order valence-electron chi connectivity index (χ3n) is 5.83. The number of ether oxygens (including phenoxy) is 2. The number of rotatable bonds is 6. The Kier molecular flexibility index (Phi) is 5.47. The van der Waals surface area contributed by atoms with Gasteiger partial charge in [0.15, 0.2) is 0 Å². The van der Waals surface area contributed by atoms with Gasteiger partial charge in [0, 0.05) is 11.1 Å². The molecule has 168 valence electrons. The minimum atomic E-state index is -0.414. The number of nitrogens with one attached hydrogen (secondary N) is 1. The molecule has 1 aliphatic rings. The van der Waals surface area contributed by atoms with E-state index < -0.39 is 5.91 Å². The fraction of sp³-hybridized carbons (Fsp3) is 0.0714. The lowest BCUT2D eigenvalue weighted by atomic mass is 10.0. The molecule has 0 fully saturated rings. The normalized spacial score (nSPS) is 13.5. The molecule has 1 heterocycles. The summed E-state index contributed by atoms with van der Waals surface area (Å²) in [4.78, 5) is 28.7. The highest BCUT2D eigenvalue weighted by molar-refractivity contribution is 6.47. The molecule has 0 radical (unpaired) electrons. The molecule has 2 amide bonds. The summed E-state index contributed by atoms with van der Waals surface area (Å²) in [5.41, 5.74) is 2.36. The molecule has 1 aliphatic heterocycles. The molecule has 0 bridgehead atoms. The number of amides is 2. The zero-order valence-corrected chi connectivity index (χ0v) is 18.7. The number of hydrogen-bond donors (Lipinski definition) is 1. The predicted molar refractivity (Wildman–Crippen MR) is 133 cm³/mol. The predicted octanol–water partition coefficient (Wildman–Crippen LogP) is 5.25. The first-order valence-corrected chi connectivity index (χ1v) is 10.8. The van der Waals surface area contributed by atoms with Crippen molar-refractivity contribution in [1.82, 2.24) is 0 Å². The van der Waals surface area contributed by atoms with E-state index in [9.17, 15) is 9.59 Å². The van der Waals surface area contributed by atoms with Crippen molar-refractivity contribution < 1.29 is 19.1 Å². The lowest BCUT2D eigenvalue weighted by Gasteiger charge is -2.18. The Morgan fingerprint density at radius 2 is 1.29 bits per heavy atom. The average molecular weight is 450 g/mol. The molecule has 0 saturated heterocycles. The van der Waals surface area contributed by atoms with Gasteiger partial charge in [-0.25, -0.2) is 4.90 Å². The van der Waals surface area contributed by atoms with Crippen LogP contribution in [0.25, 0.3) is 16.3 Å². The Hall–Kier alpha value is -4.58. The van der Waals surface area contributed by atoms with E-state index in [1.807, 2.05) is 36.4 Å². The molecule has 0 aromatic heterocycles. The summed E-state index contributed by atoms with van der Waals surface area (Å²) in [5, 5.41) is 4.95. The van der Waals surface area contributed by atoms with Crippen LogP contribution in [0.15, 0.2) is 96.7 Å². The molecule has 6 heteroatoms. The Bertz CT molecular complexity index is 1420. The molecule has 0 spiro atoms. The van der Waals surface area contributed by atoms with Crippen LogP contribution in [0.3, 0.4) is 0 Å². The number of anilines is 2. The van der Waals surface area contributed by atoms with Crippen molar-refractivity contribution in [2.24, 2.45) is 0 Å². The summed E-state index contributed by atoms with van der Waals surface area (Å²) in [5.74, 6) is 0.559. The molecule has 5 rings (SSSR count). The first kappa shape index (κ1) is 21.3. The molecule has 4 aromatic carbocycles. The maximum Gasteiger partial charge on any atom is 0.282 e. The van der Waals surface area contributed by atoms with Gasteiger partial charge in [0.25, 0.3) is 11.8 Å². The van der Waals surface area contributed by atoms with Crippen molar-refractivity contribution in [2.75, 3.05) is 24.4 Å². The topological polar surface area (TPSA) is 67.9 Å². The number of imide groups is 1. The monoisotopic (exact) mass is 450 g/mol. The molecule has 34 heavy (non-hydrogen) atoms. The van der Waals surface area contributed by atoms with Gasteiger partial charge in [-0.05, 0) is 53.4 Å². The molecular formula is C28H22N2O4. The van der Waals surface area contributed by atoms with Gasteiger partial charge in [-0.3, -0.25) is 9.59 Å². The van der Waals surface area contributed by atoms with Crippen molar-refractivity contribution in [1.29, 1.82) is 0 Å². The maximum absolute atomic E-state index is 13.8. The number of fused-ring (bicyclic) bond motifs is 1. The van der Waals surface area contributed by atoms with Crippen LogP contribution in [-0.4, -0.2) is 26.0 Å². The Morgan fingerprint density at radius 3 is 1.97 bits per heavy atom. The van der Waals surface area contributed by atoms with Gasteiger partial charge in [0.2, 0.25) is 0 Å². The second kappa shape index (κ2) is 8.75. The summed E-state index contributed by atoms with van der Waals surface area (Å²) < 4.78 is 10.5. The fourth-order valence-corrected chi connectivity index (χ4v) is 4.11. The molecule has 0 atom stereocenters. The molecule has 0 aliphatic carbocycles. The van der Waals surface area contributed by atoms with E-state index in [2.05, 4.69) is 5.32 Å². The molecule has 0 unspecified atom stereocenters. The number of methoxy groups -OCH3 is 2. The third kappa shape index (κ3) is 3.65. The Balaban J connectivity index is 1.63. The van der Waals surface area contributed by atoms with E-state index >= 15 is 0 Å². The van der Waals surface area contributed by atoms with E-state index in [1.54, 1.807) is 68.8 Å². The van der Waals surface area contributed by atoms with E-state index in [4.69, 9.17) is 9.47 Å². The van der Waals surface area contributed by atoms with E-state index in [0.29, 0.717) is 34.0 Å². The highest BCUT2D eigenvalue weighted by Crippen LogP contribution is 2.37. The van der Waals surface area contributed by atoms with Crippen molar-refractivity contribution in [3.05, 3.63) is 102 Å². The van der Waals surface area contributed by atoms with Gasteiger partial charge in [-0.2, -0.15) is 0 Å². The van der Waals surface area contributed by atoms with Crippen molar-refractivity contribution >= 4 is 39.5 Å². The Morgan fingerprint density at radius 1 is 0.676 bits per heavy atom. The molecule has 6 nitrogen and oxygen atoms in total. The third-order valence-corrected chi connectivity index (χ3v) is 5.83. The highest BCUT2D eigenvalue weighted by Gasteiger charge is 2.40. The van der Waals surface area contributed by atoms with Crippen LogP contribution < -0.4 is 19.7 Å². The van der Waals surface area contributed by atoms with Crippen LogP contribution in [0.4, 0.5) is 11.4 Å². The maximum atomic E-state index is 13.8. The number of carbonyl (C=O) groups is 2. The lowest BCUT2D eigenvalue weighted by molar-refractivity contribution is -0.120. The number of hydrogen-bond acceptors (Lipinski definition) is 5. The van der Waals surface area contributed by atoms with Gasteiger partial charge in [0.05, 0.1) is 25.5 Å². The number of benzene rings is 4. The van der Waals surface area contributed by atoms with E-state index in [1.165, 1.54) is 4.90 Å². The quantitative estimate of drug-likeness (QED) is 0.406. The van der Waals surface area contributed by atoms with Gasteiger partial charge < -0.3 is 14.8 Å². The fourth-order valence-electron chi connectivity index (χ4n) is 4.11. The smallest absolute Gasteiger partial charge is 0.282 e. The van der Waals surface area contributed by atoms with E-state index in [-0.39, 0.29) is 11.6 Å². The second-order valence-corrected chi connectivity index (χ2v) is 7.78. The van der Waals surface area contributed by atoms with Crippen LogP contribution in [-0.2, 0) is 9.59 Å². The van der Waals surface area contributed by atoms with Crippen LogP contribution in [0.2, 0.25) is 0 Å². The van der Waals surface area contributed by atoms with Gasteiger partial charge in [-0.1, -0.05) is 48.5 Å². The standard InChI is InChI=1S/C28H22N2O4/c1-33-21-14-10-19(11-15-21)25-26(29-20-12-16-22(34-2)17-13-20)28(32)30(27(25)31)24-9-5-7-18-6-3-4-8-23(18)24/h3-17,29H,1-2H3. The molecule has 1 N–H and O–H groups in total. The van der Waals surface area contributed by atoms with Crippen molar-refractivity contribution in [3.63, 3.8) is 0 Å². The van der Waals surface area contributed by atoms with Crippen LogP contribution in [0, 0.1) is 0 Å². The minimum Gasteiger partial charge on any atom is -0.497 e. The molecular weight excluding hydrogens is 428 g/mol. The Labute approximate surface area is 197 Å². The number of carbonyl (C=O) groups excluding carboxylic acids is 2. The highest BCUT2D eigenvalue weighted by atomic mass is 16.5. The second-order valence-electron chi connectivity index (χ2n) is 7.78. The summed E-state index contributed by atoms with van der Waals surface area (Å²) in [7, 11) is 3.17. The van der Waals surface area contributed by atoms with Crippen LogP contribution in [0.1, 0.15) is 5.56 Å². The summed E-state index contributed by atoms with van der Waals surface area (Å²) >= 11 is 0. The van der Waals surface area contributed by atoms with Crippen LogP contribution >= 0.6 is 0 Å². The first-order valence-electron chi connectivity index (χ1n) is 10.8. The zero-order valence-electron chi connectivity index (χ0n) is 18.7. The van der Waals surface area contributed by atoms with E-state index in [0.717, 1.165) is 10.8 Å². The summed E-state index contributed by atoms with van der Waals surface area (Å²) in [6.45, 7) is 0. The first-order chi connectivity index (χ1) is 16.6. The largest absolute Gasteiger partial charge is 0.497 e. The van der Waals surface area contributed by atoms with Gasteiger partial charge in [-0.15, -0.1) is 0 Å². The SMILES string of the molecule is COc1ccc(NC2=C(c3ccc(OC)cc3)C(=O)N(c3cccc4ccccc34)C2=O)cc1. The zero-order chi connectivity index (χ0) is 23.7. The summed E-state index contributed by atoms with van der Waals surface area (Å²) in [6.07, 6.45) is 0. The van der Waals surface area contributed by atoms with Gasteiger partial charge in [0.1, 0.15) is 17.2 Å². The summed E-state index contributed by atoms with van der Waals surface area (Å²) in [6, 6.07) is 27.6. The minimum absolute atomic E-state index is 0.216. The van der Waals surface area contributed by atoms with Gasteiger partial charge >= 0.3 is 0 Å². The molecule has 0 saturated carbocycles. The molecule has 4 aromatic rings. The van der Waals surface area contributed by atoms with Crippen LogP contribution in [0.5, 0.6) is 11.5 Å². The van der Waals surface area contributed by atoms with Crippen molar-refractivity contribution in [2.45, 2.75) is 0 Å². The number of nitrogens with zero attached hydrogens (tertiary/aromatic N) is 1. The lowest BCUT2D eigenvalue weighted by Crippen LogP contribution is -2.32. The average Bonchev–Trinajstić information content (AvgIpc) is 3.13.